The maximum Gasteiger partial charge on any atom is 0.265 e. The molecule has 6 heteroatoms. The summed E-state index contributed by atoms with van der Waals surface area (Å²) in [4.78, 5) is 4.64. The van der Waals surface area contributed by atoms with Gasteiger partial charge in [0.05, 0.1) is 0 Å². The summed E-state index contributed by atoms with van der Waals surface area (Å²) in [5.41, 5.74) is 7.06. The number of fused-ring (bicyclic) bond motifs is 1. The Balaban J connectivity index is 1.98. The molecule has 1 aromatic heterocycles. The lowest BCUT2D eigenvalue weighted by Crippen LogP contribution is -1.92. The molecular weight excluding hydrogens is 282 g/mol. The summed E-state index contributed by atoms with van der Waals surface area (Å²) in [5, 5.41) is 0.331. The van der Waals surface area contributed by atoms with Crippen LogP contribution in [0.5, 0.6) is 0 Å². The molecule has 1 heterocycles. The Morgan fingerprint density at radius 3 is 2.70 bits per heavy atom. The second-order valence-electron chi connectivity index (χ2n) is 4.15. The van der Waals surface area contributed by atoms with Crippen molar-refractivity contribution in [2.45, 2.75) is 16.5 Å². The number of aromatic nitrogens is 1. The summed E-state index contributed by atoms with van der Waals surface area (Å²) in [6, 6.07) is 11.7. The van der Waals surface area contributed by atoms with Crippen molar-refractivity contribution in [1.82, 2.24) is 4.98 Å². The summed E-state index contributed by atoms with van der Waals surface area (Å²) in [7, 11) is 0. The number of nitrogen functional groups attached to an aromatic ring is 1. The van der Waals surface area contributed by atoms with Gasteiger partial charge in [-0.2, -0.15) is 0 Å². The first kappa shape index (κ1) is 12.9. The van der Waals surface area contributed by atoms with E-state index in [9.17, 15) is 8.78 Å². The maximum atomic E-state index is 13.0. The number of nitrogens with two attached hydrogens (primary N) is 1. The van der Waals surface area contributed by atoms with E-state index >= 15 is 0 Å². The molecule has 0 unspecified atom stereocenters. The van der Waals surface area contributed by atoms with Crippen LogP contribution < -0.4 is 5.73 Å². The number of halogens is 2. The van der Waals surface area contributed by atoms with Gasteiger partial charge < -0.3 is 10.2 Å². The SMILES string of the molecule is Nc1ccc(Sc2nc3ccccc3o2)c(C(F)F)c1. The zero-order valence-corrected chi connectivity index (χ0v) is 11.0. The Hall–Kier alpha value is -2.08. The minimum Gasteiger partial charge on any atom is -0.431 e. The molecule has 0 spiro atoms. The third-order valence-electron chi connectivity index (χ3n) is 2.74. The fourth-order valence-electron chi connectivity index (χ4n) is 1.82. The molecule has 0 aliphatic carbocycles. The quantitative estimate of drug-likeness (QED) is 0.722. The minimum atomic E-state index is -2.59. The monoisotopic (exact) mass is 292 g/mol. The van der Waals surface area contributed by atoms with Crippen molar-refractivity contribution in [3.05, 3.63) is 48.0 Å². The summed E-state index contributed by atoms with van der Waals surface area (Å²) in [5.74, 6) is 0. The number of nitrogens with zero attached hydrogens (tertiary/aromatic N) is 1. The highest BCUT2D eigenvalue weighted by atomic mass is 32.2. The predicted octanol–water partition coefficient (Wildman–Crippen LogP) is 4.50. The van der Waals surface area contributed by atoms with Crippen molar-refractivity contribution in [3.63, 3.8) is 0 Å². The van der Waals surface area contributed by atoms with Crippen LogP contribution in [0.1, 0.15) is 12.0 Å². The number of alkyl halides is 2. The molecule has 20 heavy (non-hydrogen) atoms. The number of para-hydroxylation sites is 2. The molecule has 0 radical (unpaired) electrons. The van der Waals surface area contributed by atoms with Gasteiger partial charge in [0.1, 0.15) is 5.52 Å². The normalized spacial score (nSPS) is 11.3. The van der Waals surface area contributed by atoms with E-state index in [0.717, 1.165) is 11.8 Å². The van der Waals surface area contributed by atoms with Crippen LogP contribution in [-0.2, 0) is 0 Å². The van der Waals surface area contributed by atoms with E-state index in [0.29, 0.717) is 26.9 Å². The van der Waals surface area contributed by atoms with Gasteiger partial charge in [0.15, 0.2) is 5.58 Å². The third kappa shape index (κ3) is 2.46. The lowest BCUT2D eigenvalue weighted by atomic mass is 10.2. The van der Waals surface area contributed by atoms with Crippen molar-refractivity contribution in [1.29, 1.82) is 0 Å². The molecule has 0 aliphatic heterocycles. The zero-order valence-electron chi connectivity index (χ0n) is 10.2. The van der Waals surface area contributed by atoms with Gasteiger partial charge in [-0.1, -0.05) is 12.1 Å². The summed E-state index contributed by atoms with van der Waals surface area (Å²) < 4.78 is 31.5. The van der Waals surface area contributed by atoms with Crippen LogP contribution in [-0.4, -0.2) is 4.98 Å². The van der Waals surface area contributed by atoms with Crippen LogP contribution in [0.15, 0.2) is 57.0 Å². The number of rotatable bonds is 3. The van der Waals surface area contributed by atoms with Gasteiger partial charge in [-0.15, -0.1) is 0 Å². The molecule has 0 saturated heterocycles. The Labute approximate surface area is 117 Å². The largest absolute Gasteiger partial charge is 0.431 e. The second-order valence-corrected chi connectivity index (χ2v) is 5.14. The van der Waals surface area contributed by atoms with Gasteiger partial charge in [-0.3, -0.25) is 0 Å². The average Bonchev–Trinajstić information content (AvgIpc) is 2.82. The lowest BCUT2D eigenvalue weighted by Gasteiger charge is -2.07. The molecule has 2 aromatic carbocycles. The first-order chi connectivity index (χ1) is 9.63. The van der Waals surface area contributed by atoms with E-state index in [1.54, 1.807) is 24.3 Å². The second kappa shape index (κ2) is 5.13. The number of oxazole rings is 1. The van der Waals surface area contributed by atoms with E-state index in [1.165, 1.54) is 6.07 Å². The smallest absolute Gasteiger partial charge is 0.265 e. The number of anilines is 1. The van der Waals surface area contributed by atoms with Gasteiger partial charge in [0.25, 0.3) is 11.6 Å². The fourth-order valence-corrected chi connectivity index (χ4v) is 2.68. The molecule has 3 nitrogen and oxygen atoms in total. The molecule has 0 amide bonds. The van der Waals surface area contributed by atoms with E-state index in [1.807, 2.05) is 12.1 Å². The molecule has 3 rings (SSSR count). The Morgan fingerprint density at radius 1 is 1.15 bits per heavy atom. The molecule has 0 fully saturated rings. The average molecular weight is 292 g/mol. The van der Waals surface area contributed by atoms with Crippen molar-refractivity contribution < 1.29 is 13.2 Å². The molecule has 3 aromatic rings. The Kier molecular flexibility index (Phi) is 3.31. The summed E-state index contributed by atoms with van der Waals surface area (Å²) in [6.45, 7) is 0. The first-order valence-corrected chi connectivity index (χ1v) is 6.66. The van der Waals surface area contributed by atoms with Crippen molar-refractivity contribution in [2.24, 2.45) is 0 Å². The van der Waals surface area contributed by atoms with Gasteiger partial charge >= 0.3 is 0 Å². The number of hydrogen-bond acceptors (Lipinski definition) is 4. The van der Waals surface area contributed by atoms with Crippen LogP contribution in [0.2, 0.25) is 0 Å². The van der Waals surface area contributed by atoms with Crippen LogP contribution in [0.4, 0.5) is 14.5 Å². The van der Waals surface area contributed by atoms with E-state index in [2.05, 4.69) is 4.98 Å². The van der Waals surface area contributed by atoms with Crippen LogP contribution in [0, 0.1) is 0 Å². The highest BCUT2D eigenvalue weighted by Crippen LogP contribution is 2.36. The van der Waals surface area contributed by atoms with Crippen molar-refractivity contribution in [2.75, 3.05) is 5.73 Å². The Bertz CT molecular complexity index is 725. The lowest BCUT2D eigenvalue weighted by molar-refractivity contribution is 0.148. The van der Waals surface area contributed by atoms with Gasteiger partial charge in [0.2, 0.25) is 0 Å². The summed E-state index contributed by atoms with van der Waals surface area (Å²) in [6.07, 6.45) is -2.59. The number of hydrogen-bond donors (Lipinski definition) is 1. The van der Waals surface area contributed by atoms with Crippen molar-refractivity contribution >= 4 is 28.5 Å². The van der Waals surface area contributed by atoms with E-state index in [4.69, 9.17) is 10.2 Å². The molecule has 2 N–H and O–H groups in total. The zero-order chi connectivity index (χ0) is 14.1. The predicted molar refractivity (Wildman–Crippen MR) is 73.9 cm³/mol. The third-order valence-corrected chi connectivity index (χ3v) is 3.68. The molecule has 0 saturated carbocycles. The molecule has 0 bridgehead atoms. The topological polar surface area (TPSA) is 52.0 Å². The highest BCUT2D eigenvalue weighted by molar-refractivity contribution is 7.99. The van der Waals surface area contributed by atoms with Crippen LogP contribution >= 0.6 is 11.8 Å². The minimum absolute atomic E-state index is 0.114. The van der Waals surface area contributed by atoms with Crippen LogP contribution in [0.25, 0.3) is 11.1 Å². The van der Waals surface area contributed by atoms with Gasteiger partial charge in [-0.25, -0.2) is 13.8 Å². The standard InChI is InChI=1S/C14H10F2N2OS/c15-13(16)9-7-8(17)5-6-12(9)20-14-18-10-3-1-2-4-11(10)19-14/h1-7,13H,17H2. The number of benzene rings is 2. The van der Waals surface area contributed by atoms with Crippen molar-refractivity contribution in [3.8, 4) is 0 Å². The molecule has 0 atom stereocenters. The van der Waals surface area contributed by atoms with Crippen LogP contribution in [0.3, 0.4) is 0 Å². The molecular formula is C14H10F2N2OS. The van der Waals surface area contributed by atoms with E-state index < -0.39 is 6.43 Å². The van der Waals surface area contributed by atoms with E-state index in [-0.39, 0.29) is 5.56 Å². The highest BCUT2D eigenvalue weighted by Gasteiger charge is 2.16. The molecule has 0 aliphatic rings. The maximum absolute atomic E-state index is 13.0. The Morgan fingerprint density at radius 2 is 1.95 bits per heavy atom. The fraction of sp³-hybridized carbons (Fsp3) is 0.0714. The first-order valence-electron chi connectivity index (χ1n) is 5.84. The molecule has 102 valence electrons. The van der Waals surface area contributed by atoms with Gasteiger partial charge in [0, 0.05) is 16.1 Å². The summed E-state index contributed by atoms with van der Waals surface area (Å²) >= 11 is 1.06. The van der Waals surface area contributed by atoms with Gasteiger partial charge in [-0.05, 0) is 42.1 Å².